The maximum atomic E-state index is 12.5. The lowest BCUT2D eigenvalue weighted by Gasteiger charge is -2.26. The molecule has 3 atom stereocenters. The molecule has 0 amide bonds. The largest absolute Gasteiger partial charge is 0.532 e. The van der Waals surface area contributed by atoms with Crippen molar-refractivity contribution < 1.29 is 33.1 Å². The number of hydrogen-bond donors (Lipinski definition) is 3. The SMILES string of the molecule is CCCCC(N)C(=O)OP(=O)(OCC(O)CO)OC(C)(C)C. The molecule has 0 bridgehead atoms. The third kappa shape index (κ3) is 9.50. The Morgan fingerprint density at radius 2 is 1.95 bits per heavy atom. The van der Waals surface area contributed by atoms with Gasteiger partial charge < -0.3 is 20.5 Å². The van der Waals surface area contributed by atoms with Gasteiger partial charge in [-0.3, -0.25) is 9.05 Å². The van der Waals surface area contributed by atoms with E-state index < -0.39 is 44.8 Å². The molecule has 0 spiro atoms. The van der Waals surface area contributed by atoms with Gasteiger partial charge in [0.2, 0.25) is 0 Å². The zero-order chi connectivity index (χ0) is 17.4. The first-order valence-corrected chi connectivity index (χ1v) is 8.72. The normalized spacial score (nSPS) is 17.6. The second-order valence-corrected chi connectivity index (χ2v) is 7.46. The number of phosphoric ester groups is 1. The van der Waals surface area contributed by atoms with Gasteiger partial charge in [-0.25, -0.2) is 9.36 Å². The fraction of sp³-hybridized carbons (Fsp3) is 0.923. The number of hydrogen-bond acceptors (Lipinski definition) is 8. The van der Waals surface area contributed by atoms with Crippen LogP contribution in [-0.2, 0) is 22.9 Å². The molecular formula is C13H28NO7P. The molecule has 4 N–H and O–H groups in total. The van der Waals surface area contributed by atoms with Crippen molar-refractivity contribution in [3.63, 3.8) is 0 Å². The van der Waals surface area contributed by atoms with E-state index in [-0.39, 0.29) is 0 Å². The van der Waals surface area contributed by atoms with Gasteiger partial charge in [0, 0.05) is 0 Å². The van der Waals surface area contributed by atoms with E-state index in [1.807, 2.05) is 6.92 Å². The second-order valence-electron chi connectivity index (χ2n) is 5.94. The molecule has 0 saturated heterocycles. The maximum absolute atomic E-state index is 12.5. The topological polar surface area (TPSA) is 128 Å². The van der Waals surface area contributed by atoms with Gasteiger partial charge in [-0.1, -0.05) is 19.8 Å². The van der Waals surface area contributed by atoms with Crippen molar-refractivity contribution in [1.82, 2.24) is 0 Å². The van der Waals surface area contributed by atoms with Gasteiger partial charge in [0.05, 0.1) is 18.8 Å². The van der Waals surface area contributed by atoms with Crippen molar-refractivity contribution >= 4 is 13.8 Å². The Labute approximate surface area is 131 Å². The van der Waals surface area contributed by atoms with Crippen molar-refractivity contribution in [3.8, 4) is 0 Å². The van der Waals surface area contributed by atoms with Crippen molar-refractivity contribution in [2.45, 2.75) is 64.7 Å². The highest BCUT2D eigenvalue weighted by Gasteiger charge is 2.38. The summed E-state index contributed by atoms with van der Waals surface area (Å²) in [5, 5.41) is 18.0. The quantitative estimate of drug-likeness (QED) is 0.508. The first-order valence-electron chi connectivity index (χ1n) is 7.26. The van der Waals surface area contributed by atoms with Crippen LogP contribution in [0.4, 0.5) is 0 Å². The Morgan fingerprint density at radius 1 is 1.36 bits per heavy atom. The van der Waals surface area contributed by atoms with Crippen molar-refractivity contribution in [1.29, 1.82) is 0 Å². The number of aliphatic hydroxyl groups is 2. The average molecular weight is 341 g/mol. The molecule has 0 fully saturated rings. The minimum atomic E-state index is -4.25. The smallest absolute Gasteiger partial charge is 0.394 e. The molecule has 8 nitrogen and oxygen atoms in total. The number of unbranched alkanes of at least 4 members (excludes halogenated alkanes) is 1. The average Bonchev–Trinajstić information content (AvgIpc) is 2.39. The zero-order valence-corrected chi connectivity index (χ0v) is 14.5. The molecule has 0 rings (SSSR count). The van der Waals surface area contributed by atoms with Gasteiger partial charge in [0.15, 0.2) is 0 Å². The Kier molecular flexibility index (Phi) is 9.38. The molecule has 0 aliphatic rings. The Morgan fingerprint density at radius 3 is 2.41 bits per heavy atom. The molecule has 0 aromatic heterocycles. The summed E-state index contributed by atoms with van der Waals surface area (Å²) in [6, 6.07) is -0.928. The first kappa shape index (κ1) is 21.5. The van der Waals surface area contributed by atoms with E-state index in [0.29, 0.717) is 6.42 Å². The summed E-state index contributed by atoms with van der Waals surface area (Å²) in [5.41, 5.74) is 4.75. The molecule has 0 aromatic carbocycles. The Hall–Kier alpha value is -0.500. The van der Waals surface area contributed by atoms with Crippen LogP contribution >= 0.6 is 7.82 Å². The van der Waals surface area contributed by atoms with E-state index in [1.54, 1.807) is 20.8 Å². The summed E-state index contributed by atoms with van der Waals surface area (Å²) in [4.78, 5) is 11.9. The highest BCUT2D eigenvalue weighted by Crippen LogP contribution is 2.53. The summed E-state index contributed by atoms with van der Waals surface area (Å²) in [6.07, 6.45) is 0.718. The zero-order valence-electron chi connectivity index (χ0n) is 13.7. The van der Waals surface area contributed by atoms with Crippen molar-refractivity contribution in [3.05, 3.63) is 0 Å². The molecule has 0 radical (unpaired) electrons. The molecule has 0 aliphatic heterocycles. The lowest BCUT2D eigenvalue weighted by Crippen LogP contribution is -2.33. The number of phosphoric acid groups is 1. The van der Waals surface area contributed by atoms with Gasteiger partial charge in [-0.2, -0.15) is 0 Å². The fourth-order valence-electron chi connectivity index (χ4n) is 1.36. The number of carbonyl (C=O) groups is 1. The summed E-state index contributed by atoms with van der Waals surface area (Å²) >= 11 is 0. The third-order valence-electron chi connectivity index (χ3n) is 2.39. The highest BCUT2D eigenvalue weighted by molar-refractivity contribution is 7.49. The van der Waals surface area contributed by atoms with E-state index >= 15 is 0 Å². The molecule has 3 unspecified atom stereocenters. The van der Waals surface area contributed by atoms with Gasteiger partial charge in [0.1, 0.15) is 12.1 Å². The van der Waals surface area contributed by atoms with E-state index in [0.717, 1.165) is 12.8 Å². The molecular weight excluding hydrogens is 313 g/mol. The van der Waals surface area contributed by atoms with Gasteiger partial charge in [-0.05, 0) is 27.2 Å². The van der Waals surface area contributed by atoms with E-state index in [1.165, 1.54) is 0 Å². The maximum Gasteiger partial charge on any atom is 0.532 e. The van der Waals surface area contributed by atoms with Crippen LogP contribution in [0.5, 0.6) is 0 Å². The van der Waals surface area contributed by atoms with Crippen LogP contribution in [0.3, 0.4) is 0 Å². The van der Waals surface area contributed by atoms with Gasteiger partial charge in [0.25, 0.3) is 0 Å². The van der Waals surface area contributed by atoms with Crippen LogP contribution in [0.2, 0.25) is 0 Å². The van der Waals surface area contributed by atoms with E-state index in [2.05, 4.69) is 0 Å². The molecule has 0 saturated carbocycles. The lowest BCUT2D eigenvalue weighted by atomic mass is 10.1. The minimum absolute atomic E-state index is 0.393. The predicted molar refractivity (Wildman–Crippen MR) is 81.1 cm³/mol. The number of rotatable bonds is 10. The number of aliphatic hydroxyl groups excluding tert-OH is 2. The summed E-state index contributed by atoms with van der Waals surface area (Å²) < 4.78 is 27.4. The molecule has 0 heterocycles. The van der Waals surface area contributed by atoms with Crippen LogP contribution < -0.4 is 5.73 Å². The first-order chi connectivity index (χ1) is 10.0. The van der Waals surface area contributed by atoms with Crippen molar-refractivity contribution in [2.75, 3.05) is 13.2 Å². The Bertz CT molecular complexity index is 383. The van der Waals surface area contributed by atoms with Crippen LogP contribution in [0, 0.1) is 0 Å². The van der Waals surface area contributed by atoms with Crippen LogP contribution in [-0.4, -0.2) is 47.1 Å². The molecule has 132 valence electrons. The highest BCUT2D eigenvalue weighted by atomic mass is 31.2. The van der Waals surface area contributed by atoms with E-state index in [4.69, 9.17) is 24.4 Å². The summed E-state index contributed by atoms with van der Waals surface area (Å²) in [6.45, 7) is 5.69. The third-order valence-corrected chi connectivity index (χ3v) is 4.03. The number of nitrogens with two attached hydrogens (primary N) is 1. The van der Waals surface area contributed by atoms with Crippen LogP contribution in [0.15, 0.2) is 0 Å². The summed E-state index contributed by atoms with van der Waals surface area (Å²) in [7, 11) is -4.25. The van der Waals surface area contributed by atoms with Gasteiger partial charge >= 0.3 is 13.8 Å². The predicted octanol–water partition coefficient (Wildman–Crippen LogP) is 1.34. The van der Waals surface area contributed by atoms with Gasteiger partial charge in [-0.15, -0.1) is 0 Å². The van der Waals surface area contributed by atoms with Crippen molar-refractivity contribution in [2.24, 2.45) is 5.73 Å². The minimum Gasteiger partial charge on any atom is -0.394 e. The lowest BCUT2D eigenvalue weighted by molar-refractivity contribution is -0.139. The molecule has 0 aromatic rings. The van der Waals surface area contributed by atoms with Crippen LogP contribution in [0.25, 0.3) is 0 Å². The Balaban J connectivity index is 4.85. The standard InChI is InChI=1S/C13H28NO7P/c1-5-6-7-11(14)12(17)20-22(18,21-13(2,3)4)19-9-10(16)8-15/h10-11,15-16H,5-9,14H2,1-4H3. The summed E-state index contributed by atoms with van der Waals surface area (Å²) in [5.74, 6) is -0.889. The number of carbonyl (C=O) groups excluding carboxylic acids is 1. The second kappa shape index (κ2) is 9.60. The van der Waals surface area contributed by atoms with E-state index in [9.17, 15) is 14.5 Å². The molecule has 9 heteroatoms. The molecule has 22 heavy (non-hydrogen) atoms. The van der Waals surface area contributed by atoms with Crippen LogP contribution in [0.1, 0.15) is 47.0 Å². The fourth-order valence-corrected chi connectivity index (χ4v) is 2.88. The monoisotopic (exact) mass is 341 g/mol. The molecule has 0 aliphatic carbocycles.